The molecule has 14 heavy (non-hydrogen) atoms. The van der Waals surface area contributed by atoms with E-state index in [1.807, 2.05) is 0 Å². The maximum Gasteiger partial charge on any atom is -0.00990 e. The van der Waals surface area contributed by atoms with Gasteiger partial charge in [0.05, 0.1) is 0 Å². The zero-order valence-corrected chi connectivity index (χ0v) is 7.77. The number of hydrogen-bond donors (Lipinski definition) is 0. The predicted octanol–water partition coefficient (Wildman–Crippen LogP) is 3.90. The Morgan fingerprint density at radius 1 is 0.357 bits per heavy atom. The molecule has 3 aliphatic carbocycles. The van der Waals surface area contributed by atoms with Crippen molar-refractivity contribution in [2.45, 2.75) is 0 Å². The molecule has 0 aromatic carbocycles. The van der Waals surface area contributed by atoms with E-state index in [2.05, 4.69) is 60.7 Å². The van der Waals surface area contributed by atoms with Crippen LogP contribution in [0.1, 0.15) is 0 Å². The second kappa shape index (κ2) is 2.85. The molecule has 0 saturated carbocycles. The van der Waals surface area contributed by atoms with Crippen molar-refractivity contribution in [3.63, 3.8) is 0 Å². The van der Waals surface area contributed by atoms with Gasteiger partial charge in [0.15, 0.2) is 0 Å². The Labute approximate surface area is 83.5 Å². The molecule has 0 heteroatoms. The Balaban J connectivity index is 2.40. The second-order valence-electron chi connectivity index (χ2n) is 3.48. The van der Waals surface area contributed by atoms with Gasteiger partial charge in [-0.25, -0.2) is 0 Å². The van der Waals surface area contributed by atoms with Crippen LogP contribution in [0, 0.1) is 0 Å². The molecule has 0 nitrogen and oxygen atoms in total. The third-order valence-electron chi connectivity index (χ3n) is 2.66. The van der Waals surface area contributed by atoms with Gasteiger partial charge in [0.25, 0.3) is 0 Å². The molecule has 0 unspecified atom stereocenters. The fraction of sp³-hybridized carbons (Fsp3) is 0. The van der Waals surface area contributed by atoms with Crippen LogP contribution in [0.15, 0.2) is 60.7 Å². The molecule has 3 aliphatic rings. The van der Waals surface area contributed by atoms with Gasteiger partial charge in [-0.05, 0) is 22.3 Å². The molecule has 0 saturated heterocycles. The maximum absolute atomic E-state index is 2.18. The summed E-state index contributed by atoms with van der Waals surface area (Å²) in [5, 5.41) is 0. The minimum absolute atomic E-state index is 1.36. The molecular formula is C14H10. The van der Waals surface area contributed by atoms with E-state index < -0.39 is 0 Å². The molecular weight excluding hydrogens is 168 g/mol. The largest absolute Gasteiger partial charge is 0.0622 e. The number of hydrogen-bond acceptors (Lipinski definition) is 0. The van der Waals surface area contributed by atoms with Crippen molar-refractivity contribution in [3.8, 4) is 22.3 Å². The van der Waals surface area contributed by atoms with E-state index in [1.165, 1.54) is 22.3 Å². The van der Waals surface area contributed by atoms with Crippen molar-refractivity contribution in [3.05, 3.63) is 60.7 Å². The van der Waals surface area contributed by atoms with Gasteiger partial charge in [0.1, 0.15) is 0 Å². The molecule has 0 bridgehead atoms. The quantitative estimate of drug-likeness (QED) is 0.489. The van der Waals surface area contributed by atoms with Crippen molar-refractivity contribution in [2.75, 3.05) is 0 Å². The van der Waals surface area contributed by atoms with E-state index in [0.29, 0.717) is 0 Å². The van der Waals surface area contributed by atoms with E-state index >= 15 is 0 Å². The highest BCUT2D eigenvalue weighted by molar-refractivity contribution is 6.01. The zero-order chi connectivity index (χ0) is 9.38. The summed E-state index contributed by atoms with van der Waals surface area (Å²) in [6.45, 7) is 0. The van der Waals surface area contributed by atoms with Crippen molar-refractivity contribution in [2.24, 2.45) is 0 Å². The average Bonchev–Trinajstić information content (AvgIpc) is 2.49. The molecule has 0 fully saturated rings. The zero-order valence-electron chi connectivity index (χ0n) is 7.77. The normalized spacial score (nSPS) is 10.9. The summed E-state index contributed by atoms with van der Waals surface area (Å²) in [4.78, 5) is 0. The lowest BCUT2D eigenvalue weighted by atomic mass is 9.84. The van der Waals surface area contributed by atoms with Gasteiger partial charge < -0.3 is 0 Å². The average molecular weight is 178 g/mol. The lowest BCUT2D eigenvalue weighted by molar-refractivity contribution is 1.60. The highest BCUT2D eigenvalue weighted by Gasteiger charge is 2.18. The molecule has 0 spiro atoms. The van der Waals surface area contributed by atoms with Crippen LogP contribution >= 0.6 is 0 Å². The molecule has 0 atom stereocenters. The Morgan fingerprint density at radius 2 is 0.643 bits per heavy atom. The number of fused-ring (bicyclic) bond motifs is 4. The molecule has 0 radical (unpaired) electrons. The lowest BCUT2D eigenvalue weighted by Crippen LogP contribution is -1.92. The van der Waals surface area contributed by atoms with Gasteiger partial charge in [-0.2, -0.15) is 0 Å². The lowest BCUT2D eigenvalue weighted by Gasteiger charge is -2.19. The van der Waals surface area contributed by atoms with E-state index in [0.717, 1.165) is 0 Å². The van der Waals surface area contributed by atoms with Crippen LogP contribution in [0.2, 0.25) is 0 Å². The van der Waals surface area contributed by atoms with Gasteiger partial charge in [-0.1, -0.05) is 60.7 Å². The summed E-state index contributed by atoms with van der Waals surface area (Å²) >= 11 is 0. The minimum atomic E-state index is 1.36. The molecule has 0 aromatic rings. The Morgan fingerprint density at radius 3 is 0.929 bits per heavy atom. The molecule has 0 aromatic heterocycles. The molecule has 3 rings (SSSR count). The van der Waals surface area contributed by atoms with E-state index in [1.54, 1.807) is 0 Å². The van der Waals surface area contributed by atoms with Crippen LogP contribution in [0.3, 0.4) is 0 Å². The SMILES string of the molecule is c1ccc2c3cccccc-3c-2cc1. The first-order valence-corrected chi connectivity index (χ1v) is 4.82. The monoisotopic (exact) mass is 178 g/mol. The first-order valence-electron chi connectivity index (χ1n) is 4.82. The van der Waals surface area contributed by atoms with Crippen molar-refractivity contribution < 1.29 is 0 Å². The van der Waals surface area contributed by atoms with Gasteiger partial charge in [0.2, 0.25) is 0 Å². The number of rotatable bonds is 0. The van der Waals surface area contributed by atoms with Crippen LogP contribution in [-0.4, -0.2) is 0 Å². The van der Waals surface area contributed by atoms with Gasteiger partial charge in [-0.3, -0.25) is 0 Å². The molecule has 0 N–H and O–H groups in total. The highest BCUT2D eigenvalue weighted by Crippen LogP contribution is 2.45. The standard InChI is InChI=1S/C14H10/c1-3-7-11-12(8-4-1)14-10-6-2-5-9-13(11)14/h1-10H. The fourth-order valence-electron chi connectivity index (χ4n) is 1.97. The molecule has 66 valence electrons. The van der Waals surface area contributed by atoms with Crippen LogP contribution in [0.5, 0.6) is 0 Å². The van der Waals surface area contributed by atoms with Gasteiger partial charge >= 0.3 is 0 Å². The summed E-state index contributed by atoms with van der Waals surface area (Å²) in [7, 11) is 0. The molecule has 0 amide bonds. The Hall–Kier alpha value is -1.82. The van der Waals surface area contributed by atoms with E-state index in [-0.39, 0.29) is 0 Å². The highest BCUT2D eigenvalue weighted by atomic mass is 14.2. The first kappa shape index (κ1) is 7.57. The summed E-state index contributed by atoms with van der Waals surface area (Å²) in [5.74, 6) is 0. The summed E-state index contributed by atoms with van der Waals surface area (Å²) < 4.78 is 0. The molecule has 0 heterocycles. The second-order valence-corrected chi connectivity index (χ2v) is 3.48. The van der Waals surface area contributed by atoms with Crippen LogP contribution < -0.4 is 0 Å². The van der Waals surface area contributed by atoms with E-state index in [4.69, 9.17) is 0 Å². The van der Waals surface area contributed by atoms with E-state index in [9.17, 15) is 0 Å². The molecule has 0 aliphatic heterocycles. The van der Waals surface area contributed by atoms with Gasteiger partial charge in [0, 0.05) is 0 Å². The first-order chi connectivity index (χ1) is 6.97. The predicted molar refractivity (Wildman–Crippen MR) is 59.7 cm³/mol. The van der Waals surface area contributed by atoms with Crippen LogP contribution in [0.4, 0.5) is 0 Å². The summed E-state index contributed by atoms with van der Waals surface area (Å²) in [6, 6.07) is 21.2. The van der Waals surface area contributed by atoms with Crippen molar-refractivity contribution in [1.29, 1.82) is 0 Å². The third-order valence-corrected chi connectivity index (χ3v) is 2.66. The van der Waals surface area contributed by atoms with Crippen molar-refractivity contribution >= 4 is 0 Å². The summed E-state index contributed by atoms with van der Waals surface area (Å²) in [6.07, 6.45) is 0. The smallest absolute Gasteiger partial charge is 0.00990 e. The topological polar surface area (TPSA) is 0 Å². The maximum atomic E-state index is 2.18. The minimum Gasteiger partial charge on any atom is -0.0622 e. The van der Waals surface area contributed by atoms with Crippen molar-refractivity contribution in [1.82, 2.24) is 0 Å². The fourth-order valence-corrected chi connectivity index (χ4v) is 1.97. The van der Waals surface area contributed by atoms with Crippen LogP contribution in [0.25, 0.3) is 22.3 Å². The summed E-state index contributed by atoms with van der Waals surface area (Å²) in [5.41, 5.74) is 5.45. The Kier molecular flexibility index (Phi) is 1.54. The third kappa shape index (κ3) is 0.942. The van der Waals surface area contributed by atoms with Crippen LogP contribution in [-0.2, 0) is 0 Å². The Bertz CT molecular complexity index is 403. The van der Waals surface area contributed by atoms with Gasteiger partial charge in [-0.15, -0.1) is 0 Å².